The molecule has 2 aliphatic heterocycles. The second-order valence-corrected chi connectivity index (χ2v) is 9.82. The maximum Gasteiger partial charge on any atom is 0.410 e. The molecule has 1 aromatic rings. The molecule has 3 rings (SSSR count). The summed E-state index contributed by atoms with van der Waals surface area (Å²) >= 11 is 0. The molecule has 1 aromatic carbocycles. The highest BCUT2D eigenvalue weighted by atomic mass is 32.2. The van der Waals surface area contributed by atoms with Crippen molar-refractivity contribution in [3.63, 3.8) is 0 Å². The maximum atomic E-state index is 12.0. The quantitative estimate of drug-likeness (QED) is 0.681. The molecule has 0 spiro atoms. The van der Waals surface area contributed by atoms with Crippen LogP contribution in [0, 0.1) is 5.92 Å². The van der Waals surface area contributed by atoms with E-state index in [4.69, 9.17) is 4.74 Å². The molecular weight excluding hydrogens is 386 g/mol. The predicted octanol–water partition coefficient (Wildman–Crippen LogP) is 3.79. The van der Waals surface area contributed by atoms with Crippen molar-refractivity contribution < 1.29 is 13.7 Å². The summed E-state index contributed by atoms with van der Waals surface area (Å²) in [6.07, 6.45) is 6.97. The van der Waals surface area contributed by atoms with E-state index in [0.29, 0.717) is 5.92 Å². The summed E-state index contributed by atoms with van der Waals surface area (Å²) in [4.78, 5) is 13.8. The van der Waals surface area contributed by atoms with E-state index >= 15 is 0 Å². The van der Waals surface area contributed by atoms with Crippen molar-refractivity contribution in [1.29, 1.82) is 0 Å². The zero-order valence-corrected chi connectivity index (χ0v) is 18.8. The van der Waals surface area contributed by atoms with Crippen molar-refractivity contribution in [3.8, 4) is 0 Å². The van der Waals surface area contributed by atoms with Crippen LogP contribution in [0.5, 0.6) is 0 Å². The zero-order valence-electron chi connectivity index (χ0n) is 18.0. The monoisotopic (exact) mass is 421 g/mol. The van der Waals surface area contributed by atoms with E-state index < -0.39 is 11.0 Å². The topological polar surface area (TPSA) is 61.9 Å². The van der Waals surface area contributed by atoms with Crippen molar-refractivity contribution in [2.75, 3.05) is 37.8 Å². The number of likely N-dealkylation sites (tertiary alicyclic amines) is 1. The van der Waals surface area contributed by atoms with Gasteiger partial charge in [-0.05, 0) is 75.1 Å². The van der Waals surface area contributed by atoms with E-state index in [2.05, 4.69) is 23.5 Å². The van der Waals surface area contributed by atoms with Gasteiger partial charge in [0.2, 0.25) is 0 Å². The van der Waals surface area contributed by atoms with Gasteiger partial charge in [0.25, 0.3) is 0 Å². The van der Waals surface area contributed by atoms with Crippen LogP contribution < -0.4 is 5.32 Å². The average Bonchev–Trinajstić information content (AvgIpc) is 2.70. The molecule has 6 nitrogen and oxygen atoms in total. The Morgan fingerprint density at radius 3 is 2.69 bits per heavy atom. The molecule has 1 amide bonds. The van der Waals surface area contributed by atoms with Crippen LogP contribution in [-0.2, 0) is 28.7 Å². The molecule has 2 aliphatic rings. The Kier molecular flexibility index (Phi) is 7.95. The van der Waals surface area contributed by atoms with E-state index in [0.717, 1.165) is 58.4 Å². The number of hydrogen-bond acceptors (Lipinski definition) is 4. The summed E-state index contributed by atoms with van der Waals surface area (Å²) in [5, 5.41) is 3.56. The van der Waals surface area contributed by atoms with Gasteiger partial charge in [-0.25, -0.2) is 13.3 Å². The highest BCUT2D eigenvalue weighted by molar-refractivity contribution is 7.81. The molecule has 0 saturated carbocycles. The van der Waals surface area contributed by atoms with Crippen molar-refractivity contribution in [2.24, 2.45) is 5.92 Å². The summed E-state index contributed by atoms with van der Waals surface area (Å²) in [6, 6.07) is 6.56. The second kappa shape index (κ2) is 10.4. The van der Waals surface area contributed by atoms with Gasteiger partial charge in [-0.1, -0.05) is 6.07 Å². The Morgan fingerprint density at radius 2 is 2.00 bits per heavy atom. The summed E-state index contributed by atoms with van der Waals surface area (Å²) < 4.78 is 19.0. The van der Waals surface area contributed by atoms with E-state index in [-0.39, 0.29) is 12.2 Å². The van der Waals surface area contributed by atoms with Crippen LogP contribution in [0.2, 0.25) is 0 Å². The van der Waals surface area contributed by atoms with Crippen LogP contribution in [0.4, 0.5) is 10.5 Å². The van der Waals surface area contributed by atoms with Crippen molar-refractivity contribution >= 4 is 22.8 Å². The van der Waals surface area contributed by atoms with E-state index in [1.54, 1.807) is 6.26 Å². The maximum absolute atomic E-state index is 12.0. The van der Waals surface area contributed by atoms with E-state index in [1.165, 1.54) is 23.2 Å². The van der Waals surface area contributed by atoms with Gasteiger partial charge in [0, 0.05) is 44.7 Å². The minimum atomic E-state index is -0.892. The van der Waals surface area contributed by atoms with Gasteiger partial charge in [0.05, 0.1) is 17.1 Å². The Labute approximate surface area is 177 Å². The molecule has 1 N–H and O–H groups in total. The number of carbonyl (C=O) groups is 1. The first kappa shape index (κ1) is 22.1. The highest BCUT2D eigenvalue weighted by Gasteiger charge is 2.24. The number of rotatable bonds is 7. The van der Waals surface area contributed by atoms with Gasteiger partial charge in [0.1, 0.15) is 0 Å². The first-order valence-electron chi connectivity index (χ1n) is 10.8. The lowest BCUT2D eigenvalue weighted by atomic mass is 9.92. The predicted molar refractivity (Wildman–Crippen MR) is 118 cm³/mol. The number of hydrogen-bond donors (Lipinski definition) is 1. The fourth-order valence-corrected chi connectivity index (χ4v) is 4.83. The standard InChI is InChI=1S/C22H35N3O3S/c1-17(2)28-22(26)24-12-8-18(9-13-24)5-4-11-23-21-7-6-20-16-25(29(3)27)14-10-19(20)15-21/h6-7,15,17-18,23H,4-5,8-14,16H2,1-3H3. The molecule has 2 heterocycles. The number of benzene rings is 1. The number of carbonyl (C=O) groups excluding carboxylic acids is 1. The van der Waals surface area contributed by atoms with Crippen molar-refractivity contribution in [2.45, 2.75) is 58.6 Å². The van der Waals surface area contributed by atoms with E-state index in [9.17, 15) is 9.00 Å². The lowest BCUT2D eigenvalue weighted by Crippen LogP contribution is -2.39. The van der Waals surface area contributed by atoms with Crippen molar-refractivity contribution in [3.05, 3.63) is 29.3 Å². The molecule has 1 atom stereocenters. The summed E-state index contributed by atoms with van der Waals surface area (Å²) in [7, 11) is -0.892. The van der Waals surface area contributed by atoms with E-state index in [1.807, 2.05) is 23.1 Å². The molecule has 1 saturated heterocycles. The molecule has 7 heteroatoms. The number of nitrogens with one attached hydrogen (secondary N) is 1. The number of anilines is 1. The number of nitrogens with zero attached hydrogens (tertiary/aromatic N) is 2. The Bertz CT molecular complexity index is 717. The second-order valence-electron chi connectivity index (χ2n) is 8.45. The van der Waals surface area contributed by atoms with Gasteiger partial charge in [0.15, 0.2) is 0 Å². The normalized spacial score (nSPS) is 19.1. The summed E-state index contributed by atoms with van der Waals surface area (Å²) in [6.45, 7) is 8.02. The van der Waals surface area contributed by atoms with Crippen LogP contribution in [0.1, 0.15) is 50.7 Å². The molecule has 1 fully saturated rings. The van der Waals surface area contributed by atoms with Crippen molar-refractivity contribution in [1.82, 2.24) is 9.21 Å². The number of fused-ring (bicyclic) bond motifs is 1. The van der Waals surface area contributed by atoms with Crippen LogP contribution >= 0.6 is 0 Å². The Morgan fingerprint density at radius 1 is 1.24 bits per heavy atom. The summed E-state index contributed by atoms with van der Waals surface area (Å²) in [5.74, 6) is 0.698. The molecule has 162 valence electrons. The molecule has 0 aliphatic carbocycles. The molecule has 29 heavy (non-hydrogen) atoms. The number of piperidine rings is 1. The Balaban J connectivity index is 1.35. The van der Waals surface area contributed by atoms with Crippen LogP contribution in [0.3, 0.4) is 0 Å². The van der Waals surface area contributed by atoms with Gasteiger partial charge < -0.3 is 15.0 Å². The van der Waals surface area contributed by atoms with Gasteiger partial charge in [-0.2, -0.15) is 0 Å². The molecule has 0 radical (unpaired) electrons. The zero-order chi connectivity index (χ0) is 20.8. The third-order valence-corrected chi connectivity index (χ3v) is 6.91. The summed E-state index contributed by atoms with van der Waals surface area (Å²) in [5.41, 5.74) is 3.85. The number of ether oxygens (including phenoxy) is 1. The minimum Gasteiger partial charge on any atom is -0.447 e. The smallest absolute Gasteiger partial charge is 0.410 e. The third-order valence-electron chi connectivity index (χ3n) is 5.87. The fourth-order valence-electron chi connectivity index (χ4n) is 4.16. The Hall–Kier alpha value is -1.60. The number of amides is 1. The molecule has 0 aromatic heterocycles. The minimum absolute atomic E-state index is 0.0514. The van der Waals surface area contributed by atoms with Crippen LogP contribution in [-0.4, -0.2) is 58.0 Å². The van der Waals surface area contributed by atoms with Gasteiger partial charge in [-0.3, -0.25) is 0 Å². The average molecular weight is 422 g/mol. The lowest BCUT2D eigenvalue weighted by molar-refractivity contribution is 0.0647. The first-order chi connectivity index (χ1) is 13.9. The molecule has 0 bridgehead atoms. The first-order valence-corrected chi connectivity index (χ1v) is 12.3. The fraction of sp³-hybridized carbons (Fsp3) is 0.682. The van der Waals surface area contributed by atoms with Crippen LogP contribution in [0.25, 0.3) is 0 Å². The van der Waals surface area contributed by atoms with Gasteiger partial charge in [-0.15, -0.1) is 0 Å². The van der Waals surface area contributed by atoms with Crippen LogP contribution in [0.15, 0.2) is 18.2 Å². The lowest BCUT2D eigenvalue weighted by Gasteiger charge is -2.31. The highest BCUT2D eigenvalue weighted by Crippen LogP contribution is 2.25. The van der Waals surface area contributed by atoms with Gasteiger partial charge >= 0.3 is 6.09 Å². The molecule has 1 unspecified atom stereocenters. The SMILES string of the molecule is CC(C)OC(=O)N1CCC(CCCNc2ccc3c(c2)CCN(S(C)=O)C3)CC1. The molecular formula is C22H35N3O3S. The third kappa shape index (κ3) is 6.44. The largest absolute Gasteiger partial charge is 0.447 e.